The molecule has 2 aliphatic heterocycles. The highest BCUT2D eigenvalue weighted by molar-refractivity contribution is 5.80. The standard InChI is InChI=1S/C18H24N4O2/c1-12(22-11-16(23)9-17(22)18(20)24)13-4-6-14(7-5-13)21-8-2-3-15(21)10-19/h4-7,12,15-17,23H,2-3,8-9,11H2,1H3,(H2,20,24)/t12-,15-,16?,17?/m0/s1. The summed E-state index contributed by atoms with van der Waals surface area (Å²) in [5.74, 6) is -0.385. The van der Waals surface area contributed by atoms with Gasteiger partial charge in [-0.05, 0) is 43.9 Å². The Morgan fingerprint density at radius 2 is 2.12 bits per heavy atom. The highest BCUT2D eigenvalue weighted by Gasteiger charge is 2.37. The van der Waals surface area contributed by atoms with Crippen molar-refractivity contribution in [2.24, 2.45) is 5.73 Å². The molecule has 2 fully saturated rings. The van der Waals surface area contributed by atoms with Gasteiger partial charge in [0, 0.05) is 24.8 Å². The van der Waals surface area contributed by atoms with Crippen LogP contribution in [0.25, 0.3) is 0 Å². The number of β-amino-alcohol motifs (C(OH)–C–C–N with tert-alkyl or cyclic N) is 1. The number of nitrogens with two attached hydrogens (primary N) is 1. The van der Waals surface area contributed by atoms with Crippen molar-refractivity contribution in [3.63, 3.8) is 0 Å². The highest BCUT2D eigenvalue weighted by atomic mass is 16.3. The molecule has 1 aromatic carbocycles. The Morgan fingerprint density at radius 1 is 1.42 bits per heavy atom. The van der Waals surface area contributed by atoms with E-state index in [0.717, 1.165) is 30.6 Å². The smallest absolute Gasteiger partial charge is 0.234 e. The molecule has 3 rings (SSSR count). The van der Waals surface area contributed by atoms with Crippen molar-refractivity contribution >= 4 is 11.6 Å². The van der Waals surface area contributed by atoms with Gasteiger partial charge in [-0.1, -0.05) is 12.1 Å². The van der Waals surface area contributed by atoms with Crippen molar-refractivity contribution in [3.8, 4) is 6.07 Å². The summed E-state index contributed by atoms with van der Waals surface area (Å²) in [6.45, 7) is 3.39. The van der Waals surface area contributed by atoms with E-state index in [1.807, 2.05) is 36.1 Å². The van der Waals surface area contributed by atoms with Crippen LogP contribution in [0.5, 0.6) is 0 Å². The molecule has 0 radical (unpaired) electrons. The number of primary amides is 1. The van der Waals surface area contributed by atoms with Gasteiger partial charge in [0.1, 0.15) is 6.04 Å². The summed E-state index contributed by atoms with van der Waals surface area (Å²) in [5.41, 5.74) is 7.61. The number of benzene rings is 1. The summed E-state index contributed by atoms with van der Waals surface area (Å²) in [6.07, 6.45) is 1.85. The molecule has 0 aromatic heterocycles. The summed E-state index contributed by atoms with van der Waals surface area (Å²) in [7, 11) is 0. The van der Waals surface area contributed by atoms with Gasteiger partial charge in [0.2, 0.25) is 5.91 Å². The van der Waals surface area contributed by atoms with Crippen LogP contribution in [0.2, 0.25) is 0 Å². The summed E-state index contributed by atoms with van der Waals surface area (Å²) in [4.78, 5) is 15.7. The second kappa shape index (κ2) is 6.80. The molecule has 2 heterocycles. The molecule has 0 spiro atoms. The fourth-order valence-corrected chi connectivity index (χ4v) is 3.89. The minimum absolute atomic E-state index is 0.000887. The Morgan fingerprint density at radius 3 is 2.75 bits per heavy atom. The monoisotopic (exact) mass is 328 g/mol. The van der Waals surface area contributed by atoms with Gasteiger partial charge < -0.3 is 15.7 Å². The minimum atomic E-state index is -0.509. The van der Waals surface area contributed by atoms with Crippen LogP contribution in [0, 0.1) is 11.3 Å². The third-order valence-corrected chi connectivity index (χ3v) is 5.25. The number of nitriles is 1. The van der Waals surface area contributed by atoms with Crippen molar-refractivity contribution in [3.05, 3.63) is 29.8 Å². The highest BCUT2D eigenvalue weighted by Crippen LogP contribution is 2.31. The molecule has 1 amide bonds. The van der Waals surface area contributed by atoms with E-state index in [0.29, 0.717) is 13.0 Å². The summed E-state index contributed by atoms with van der Waals surface area (Å²) in [6, 6.07) is 10.0. The van der Waals surface area contributed by atoms with Crippen molar-refractivity contribution < 1.29 is 9.90 Å². The Kier molecular flexibility index (Phi) is 4.74. The van der Waals surface area contributed by atoms with Gasteiger partial charge in [0.25, 0.3) is 0 Å². The van der Waals surface area contributed by atoms with E-state index in [-0.39, 0.29) is 18.0 Å². The number of hydrogen-bond acceptors (Lipinski definition) is 5. The number of hydrogen-bond donors (Lipinski definition) is 2. The lowest BCUT2D eigenvalue weighted by Crippen LogP contribution is -2.41. The summed E-state index contributed by atoms with van der Waals surface area (Å²) in [5, 5.41) is 19.1. The van der Waals surface area contributed by atoms with Crippen LogP contribution in [0.15, 0.2) is 24.3 Å². The van der Waals surface area contributed by atoms with Crippen molar-refractivity contribution in [1.29, 1.82) is 5.26 Å². The zero-order chi connectivity index (χ0) is 17.3. The number of carbonyl (C=O) groups is 1. The molecule has 6 heteroatoms. The molecule has 6 nitrogen and oxygen atoms in total. The van der Waals surface area contributed by atoms with Gasteiger partial charge in [-0.3, -0.25) is 9.69 Å². The van der Waals surface area contributed by atoms with Crippen LogP contribution < -0.4 is 10.6 Å². The van der Waals surface area contributed by atoms with Crippen LogP contribution in [-0.2, 0) is 4.79 Å². The van der Waals surface area contributed by atoms with E-state index in [2.05, 4.69) is 11.0 Å². The van der Waals surface area contributed by atoms with E-state index in [4.69, 9.17) is 5.73 Å². The molecular formula is C18H24N4O2. The van der Waals surface area contributed by atoms with Crippen molar-refractivity contribution in [2.75, 3.05) is 18.0 Å². The molecule has 0 bridgehead atoms. The van der Waals surface area contributed by atoms with Crippen molar-refractivity contribution in [2.45, 2.75) is 50.4 Å². The topological polar surface area (TPSA) is 93.6 Å². The lowest BCUT2D eigenvalue weighted by atomic mass is 10.0. The largest absolute Gasteiger partial charge is 0.392 e. The molecule has 2 saturated heterocycles. The maximum absolute atomic E-state index is 11.6. The first kappa shape index (κ1) is 16.7. The second-order valence-corrected chi connectivity index (χ2v) is 6.75. The fourth-order valence-electron chi connectivity index (χ4n) is 3.89. The predicted octanol–water partition coefficient (Wildman–Crippen LogP) is 1.16. The van der Waals surface area contributed by atoms with Gasteiger partial charge in [0.15, 0.2) is 0 Å². The van der Waals surface area contributed by atoms with Gasteiger partial charge >= 0.3 is 0 Å². The summed E-state index contributed by atoms with van der Waals surface area (Å²) >= 11 is 0. The third kappa shape index (κ3) is 3.10. The maximum atomic E-state index is 11.6. The number of rotatable bonds is 4. The molecule has 1 aromatic rings. The number of aliphatic hydroxyl groups is 1. The predicted molar refractivity (Wildman–Crippen MR) is 91.2 cm³/mol. The number of amides is 1. The fraction of sp³-hybridized carbons (Fsp3) is 0.556. The first-order valence-electron chi connectivity index (χ1n) is 8.50. The molecule has 2 aliphatic rings. The quantitative estimate of drug-likeness (QED) is 0.865. The van der Waals surface area contributed by atoms with Gasteiger partial charge in [-0.15, -0.1) is 0 Å². The number of anilines is 1. The summed E-state index contributed by atoms with van der Waals surface area (Å²) < 4.78 is 0. The Balaban J connectivity index is 1.75. The zero-order valence-electron chi connectivity index (χ0n) is 13.9. The zero-order valence-corrected chi connectivity index (χ0v) is 13.9. The lowest BCUT2D eigenvalue weighted by molar-refractivity contribution is -0.122. The van der Waals surface area contributed by atoms with Gasteiger partial charge in [0.05, 0.1) is 18.2 Å². The Labute approximate surface area is 142 Å². The SMILES string of the molecule is C[C@@H](c1ccc(N2CCC[C@H]2C#N)cc1)N1CC(O)CC1C(N)=O. The molecule has 4 atom stereocenters. The van der Waals surface area contributed by atoms with Crippen LogP contribution in [-0.4, -0.2) is 47.2 Å². The first-order chi connectivity index (χ1) is 11.5. The molecule has 3 N–H and O–H groups in total. The average Bonchev–Trinajstić information content (AvgIpc) is 3.20. The first-order valence-corrected chi connectivity index (χ1v) is 8.50. The lowest BCUT2D eigenvalue weighted by Gasteiger charge is -2.29. The molecule has 0 saturated carbocycles. The average molecular weight is 328 g/mol. The van der Waals surface area contributed by atoms with E-state index >= 15 is 0 Å². The van der Waals surface area contributed by atoms with E-state index < -0.39 is 12.1 Å². The minimum Gasteiger partial charge on any atom is -0.392 e. The molecule has 128 valence electrons. The third-order valence-electron chi connectivity index (χ3n) is 5.25. The molecule has 2 unspecified atom stereocenters. The molecule has 0 aliphatic carbocycles. The second-order valence-electron chi connectivity index (χ2n) is 6.75. The van der Waals surface area contributed by atoms with Crippen LogP contribution in [0.3, 0.4) is 0 Å². The number of aliphatic hydroxyl groups excluding tert-OH is 1. The molecular weight excluding hydrogens is 304 g/mol. The van der Waals surface area contributed by atoms with Crippen LogP contribution in [0.1, 0.15) is 37.8 Å². The van der Waals surface area contributed by atoms with Gasteiger partial charge in [-0.25, -0.2) is 0 Å². The number of carbonyl (C=O) groups excluding carboxylic acids is 1. The molecule has 24 heavy (non-hydrogen) atoms. The maximum Gasteiger partial charge on any atom is 0.234 e. The van der Waals surface area contributed by atoms with Crippen molar-refractivity contribution in [1.82, 2.24) is 4.90 Å². The Bertz CT molecular complexity index is 639. The van der Waals surface area contributed by atoms with Crippen LogP contribution >= 0.6 is 0 Å². The normalized spacial score (nSPS) is 28.7. The van der Waals surface area contributed by atoms with E-state index in [9.17, 15) is 15.2 Å². The van der Waals surface area contributed by atoms with E-state index in [1.54, 1.807) is 0 Å². The van der Waals surface area contributed by atoms with E-state index in [1.165, 1.54) is 0 Å². The Hall–Kier alpha value is -2.10. The number of likely N-dealkylation sites (tertiary alicyclic amines) is 1. The van der Waals surface area contributed by atoms with Crippen LogP contribution in [0.4, 0.5) is 5.69 Å². The number of nitrogens with zero attached hydrogens (tertiary/aromatic N) is 3. The van der Waals surface area contributed by atoms with Gasteiger partial charge in [-0.2, -0.15) is 5.26 Å².